The summed E-state index contributed by atoms with van der Waals surface area (Å²) in [5.41, 5.74) is 8.90. The van der Waals surface area contributed by atoms with Crippen molar-refractivity contribution in [2.24, 2.45) is 0 Å². The Bertz CT molecular complexity index is 838. The van der Waals surface area contributed by atoms with Crippen LogP contribution in [0.25, 0.3) is 22.3 Å². The number of para-hydroxylation sites is 1. The Morgan fingerprint density at radius 1 is 1.10 bits per heavy atom. The van der Waals surface area contributed by atoms with E-state index in [1.807, 2.05) is 30.3 Å². The fourth-order valence-electron chi connectivity index (χ4n) is 2.51. The quantitative estimate of drug-likeness (QED) is 0.767. The van der Waals surface area contributed by atoms with Gasteiger partial charge in [0, 0.05) is 23.1 Å². The largest absolute Gasteiger partial charge is 0.383 e. The molecule has 0 amide bonds. The third-order valence-electron chi connectivity index (χ3n) is 3.74. The zero-order chi connectivity index (χ0) is 14.4. The van der Waals surface area contributed by atoms with Crippen molar-refractivity contribution >= 4 is 32.7 Å². The van der Waals surface area contributed by atoms with Crippen LogP contribution in [0.1, 0.15) is 24.5 Å². The molecule has 0 unspecified atom stereocenters. The highest BCUT2D eigenvalue weighted by Gasteiger charge is 2.29. The summed E-state index contributed by atoms with van der Waals surface area (Å²) in [6.45, 7) is 0. The molecule has 0 atom stereocenters. The van der Waals surface area contributed by atoms with Crippen molar-refractivity contribution in [1.82, 2.24) is 15.0 Å². The Morgan fingerprint density at radius 3 is 2.71 bits per heavy atom. The van der Waals surface area contributed by atoms with E-state index in [9.17, 15) is 0 Å². The van der Waals surface area contributed by atoms with Crippen molar-refractivity contribution < 1.29 is 0 Å². The molecule has 3 aromatic rings. The minimum atomic E-state index is 0.495. The maximum Gasteiger partial charge on any atom is 0.164 e. The lowest BCUT2D eigenvalue weighted by atomic mass is 10.1. The smallest absolute Gasteiger partial charge is 0.164 e. The van der Waals surface area contributed by atoms with Crippen molar-refractivity contribution in [2.75, 3.05) is 5.73 Å². The number of rotatable bonds is 2. The van der Waals surface area contributed by atoms with E-state index in [0.29, 0.717) is 17.6 Å². The second kappa shape index (κ2) is 4.77. The third-order valence-corrected chi connectivity index (χ3v) is 4.55. The van der Waals surface area contributed by atoms with Crippen molar-refractivity contribution in [1.29, 1.82) is 0 Å². The fourth-order valence-corrected chi connectivity index (χ4v) is 3.02. The van der Waals surface area contributed by atoms with Crippen molar-refractivity contribution in [3.05, 3.63) is 46.7 Å². The highest BCUT2D eigenvalue weighted by Crippen LogP contribution is 2.44. The number of anilines is 1. The Morgan fingerprint density at radius 2 is 1.90 bits per heavy atom. The maximum absolute atomic E-state index is 6.05. The van der Waals surface area contributed by atoms with Gasteiger partial charge in [0.15, 0.2) is 5.82 Å². The number of benzene rings is 1. The predicted octanol–water partition coefficient (Wildman–Crippen LogP) is 3.91. The zero-order valence-electron chi connectivity index (χ0n) is 11.3. The molecule has 2 N–H and O–H groups in total. The molecule has 0 saturated heterocycles. The Hall–Kier alpha value is -2.01. The van der Waals surface area contributed by atoms with Gasteiger partial charge in [-0.1, -0.05) is 18.2 Å². The fraction of sp³-hybridized carbons (Fsp3) is 0.188. The summed E-state index contributed by atoms with van der Waals surface area (Å²) < 4.78 is 0.835. The van der Waals surface area contributed by atoms with E-state index in [1.54, 1.807) is 6.20 Å². The van der Waals surface area contributed by atoms with Gasteiger partial charge in [0.2, 0.25) is 0 Å². The molecule has 1 saturated carbocycles. The van der Waals surface area contributed by atoms with Crippen LogP contribution >= 0.6 is 15.9 Å². The Balaban J connectivity index is 1.96. The van der Waals surface area contributed by atoms with Gasteiger partial charge in [0.1, 0.15) is 5.82 Å². The summed E-state index contributed by atoms with van der Waals surface area (Å²) in [5.74, 6) is 1.66. The molecule has 1 fully saturated rings. The first-order chi connectivity index (χ1) is 10.2. The number of pyridine rings is 1. The molecule has 1 aliphatic carbocycles. The lowest BCUT2D eigenvalue weighted by Crippen LogP contribution is -2.02. The van der Waals surface area contributed by atoms with Crippen LogP contribution in [0.4, 0.5) is 5.82 Å². The Labute approximate surface area is 130 Å². The van der Waals surface area contributed by atoms with Gasteiger partial charge in [0.25, 0.3) is 0 Å². The lowest BCUT2D eigenvalue weighted by Gasteiger charge is -2.09. The number of hydrogen-bond donors (Lipinski definition) is 1. The molecule has 0 bridgehead atoms. The van der Waals surface area contributed by atoms with Crippen LogP contribution in [0.5, 0.6) is 0 Å². The lowest BCUT2D eigenvalue weighted by molar-refractivity contribution is 0.985. The average Bonchev–Trinajstić information content (AvgIpc) is 3.34. The third kappa shape index (κ3) is 2.17. The van der Waals surface area contributed by atoms with E-state index < -0.39 is 0 Å². The summed E-state index contributed by atoms with van der Waals surface area (Å²) in [6, 6.07) is 10.00. The summed E-state index contributed by atoms with van der Waals surface area (Å²) >= 11 is 3.51. The number of nitrogens with zero attached hydrogens (tertiary/aromatic N) is 3. The minimum Gasteiger partial charge on any atom is -0.383 e. The number of fused-ring (bicyclic) bond motifs is 1. The molecule has 1 aromatic carbocycles. The van der Waals surface area contributed by atoms with Crippen molar-refractivity contribution in [3.8, 4) is 11.4 Å². The van der Waals surface area contributed by atoms with Crippen LogP contribution in [0, 0.1) is 0 Å². The molecule has 2 aromatic heterocycles. The Kier molecular flexibility index (Phi) is 2.89. The second-order valence-corrected chi connectivity index (χ2v) is 6.08. The van der Waals surface area contributed by atoms with Crippen LogP contribution in [-0.2, 0) is 0 Å². The first kappa shape index (κ1) is 12.7. The number of nitrogens with two attached hydrogens (primary N) is 1. The van der Waals surface area contributed by atoms with E-state index >= 15 is 0 Å². The van der Waals surface area contributed by atoms with Gasteiger partial charge in [-0.2, -0.15) is 0 Å². The molecule has 1 aliphatic rings. The topological polar surface area (TPSA) is 64.7 Å². The number of aromatic nitrogens is 3. The molecule has 4 nitrogen and oxygen atoms in total. The van der Waals surface area contributed by atoms with E-state index in [1.165, 1.54) is 12.8 Å². The van der Waals surface area contributed by atoms with Gasteiger partial charge in [-0.25, -0.2) is 9.97 Å². The first-order valence-corrected chi connectivity index (χ1v) is 7.70. The highest BCUT2D eigenvalue weighted by atomic mass is 79.9. The molecule has 104 valence electrons. The number of hydrogen-bond acceptors (Lipinski definition) is 4. The van der Waals surface area contributed by atoms with Gasteiger partial charge in [-0.15, -0.1) is 0 Å². The van der Waals surface area contributed by atoms with Crippen molar-refractivity contribution in [3.63, 3.8) is 0 Å². The van der Waals surface area contributed by atoms with Crippen LogP contribution in [0.15, 0.2) is 41.0 Å². The highest BCUT2D eigenvalue weighted by molar-refractivity contribution is 9.10. The van der Waals surface area contributed by atoms with Crippen LogP contribution < -0.4 is 5.73 Å². The average molecular weight is 341 g/mol. The van der Waals surface area contributed by atoms with E-state index in [0.717, 1.165) is 26.6 Å². The SMILES string of the molecule is Nc1nc(-c2cccc3cccnc23)nc(C2CC2)c1Br. The molecule has 21 heavy (non-hydrogen) atoms. The first-order valence-electron chi connectivity index (χ1n) is 6.91. The zero-order valence-corrected chi connectivity index (χ0v) is 12.8. The summed E-state index contributed by atoms with van der Waals surface area (Å²) in [6.07, 6.45) is 4.13. The molecule has 5 heteroatoms. The van der Waals surface area contributed by atoms with E-state index in [-0.39, 0.29) is 0 Å². The molecule has 2 heterocycles. The van der Waals surface area contributed by atoms with Crippen molar-refractivity contribution in [2.45, 2.75) is 18.8 Å². The number of halogens is 1. The van der Waals surface area contributed by atoms with E-state index in [2.05, 4.69) is 25.9 Å². The molecular weight excluding hydrogens is 328 g/mol. The summed E-state index contributed by atoms with van der Waals surface area (Å²) in [4.78, 5) is 13.6. The monoisotopic (exact) mass is 340 g/mol. The number of nitrogen functional groups attached to an aromatic ring is 1. The van der Waals surface area contributed by atoms with E-state index in [4.69, 9.17) is 10.7 Å². The molecule has 0 spiro atoms. The van der Waals surface area contributed by atoms with Gasteiger partial charge in [-0.05, 0) is 40.9 Å². The summed E-state index contributed by atoms with van der Waals surface area (Å²) in [7, 11) is 0. The second-order valence-electron chi connectivity index (χ2n) is 5.29. The standard InChI is InChI=1S/C16H13BrN4/c17-12-14(10-6-7-10)20-16(21-15(12)18)11-5-1-3-9-4-2-8-19-13(9)11/h1-5,8,10H,6-7H2,(H2,18,20,21). The van der Waals surface area contributed by atoms with Crippen LogP contribution in [0.2, 0.25) is 0 Å². The van der Waals surface area contributed by atoms with Gasteiger partial charge >= 0.3 is 0 Å². The molecule has 0 radical (unpaired) electrons. The maximum atomic E-state index is 6.05. The van der Waals surface area contributed by atoms with Crippen LogP contribution in [0.3, 0.4) is 0 Å². The summed E-state index contributed by atoms with van der Waals surface area (Å²) in [5, 5.41) is 1.08. The molecular formula is C16H13BrN4. The normalized spacial score (nSPS) is 14.5. The van der Waals surface area contributed by atoms with Gasteiger partial charge < -0.3 is 5.73 Å². The molecule has 0 aliphatic heterocycles. The minimum absolute atomic E-state index is 0.495. The molecule has 4 rings (SSSR count). The van der Waals surface area contributed by atoms with Crippen LogP contribution in [-0.4, -0.2) is 15.0 Å². The predicted molar refractivity (Wildman–Crippen MR) is 86.9 cm³/mol. The van der Waals surface area contributed by atoms with Gasteiger partial charge in [0.05, 0.1) is 15.7 Å². The van der Waals surface area contributed by atoms with Gasteiger partial charge in [-0.3, -0.25) is 4.98 Å².